The van der Waals surface area contributed by atoms with Crippen molar-refractivity contribution in [3.05, 3.63) is 58.9 Å². The van der Waals surface area contributed by atoms with Crippen molar-refractivity contribution in [1.82, 2.24) is 0 Å². The Kier molecular flexibility index (Phi) is 5.43. The van der Waals surface area contributed by atoms with E-state index < -0.39 is 0 Å². The zero-order valence-corrected chi connectivity index (χ0v) is 13.6. The Labute approximate surface area is 130 Å². The lowest BCUT2D eigenvalue weighted by Crippen LogP contribution is -2.21. The first kappa shape index (κ1) is 16.1. The molecule has 0 fully saturated rings. The molecule has 21 heavy (non-hydrogen) atoms. The SMILES string of the molecule is CCC(N)Cc1ccc(Sc2ccc(C)cc2C)c(F)c1. The monoisotopic (exact) mass is 303 g/mol. The minimum Gasteiger partial charge on any atom is -0.327 e. The fourth-order valence-electron chi connectivity index (χ4n) is 2.23. The lowest BCUT2D eigenvalue weighted by molar-refractivity contribution is 0.593. The number of nitrogens with two attached hydrogens (primary N) is 1. The minimum atomic E-state index is -0.166. The molecule has 0 aliphatic rings. The number of hydrogen-bond acceptors (Lipinski definition) is 2. The molecule has 0 spiro atoms. The molecule has 0 aliphatic carbocycles. The highest BCUT2D eigenvalue weighted by Crippen LogP contribution is 2.32. The molecular weight excluding hydrogens is 281 g/mol. The molecule has 2 aromatic rings. The Morgan fingerprint density at radius 1 is 1.10 bits per heavy atom. The van der Waals surface area contributed by atoms with Gasteiger partial charge in [0.15, 0.2) is 0 Å². The maximum atomic E-state index is 14.2. The van der Waals surface area contributed by atoms with E-state index in [0.717, 1.165) is 23.3 Å². The van der Waals surface area contributed by atoms with Gasteiger partial charge in [0.05, 0.1) is 0 Å². The molecule has 0 saturated carbocycles. The summed E-state index contributed by atoms with van der Waals surface area (Å²) in [5.41, 5.74) is 9.29. The average Bonchev–Trinajstić information content (AvgIpc) is 2.44. The molecule has 1 atom stereocenters. The van der Waals surface area contributed by atoms with Crippen LogP contribution in [0.15, 0.2) is 46.2 Å². The molecule has 2 aromatic carbocycles. The van der Waals surface area contributed by atoms with Crippen LogP contribution in [0.5, 0.6) is 0 Å². The van der Waals surface area contributed by atoms with Gasteiger partial charge >= 0.3 is 0 Å². The van der Waals surface area contributed by atoms with Crippen LogP contribution in [0.25, 0.3) is 0 Å². The largest absolute Gasteiger partial charge is 0.327 e. The summed E-state index contributed by atoms with van der Waals surface area (Å²) in [6.07, 6.45) is 1.63. The molecular formula is C18H22FNS. The van der Waals surface area contributed by atoms with Crippen LogP contribution in [0, 0.1) is 19.7 Å². The number of halogens is 1. The highest BCUT2D eigenvalue weighted by atomic mass is 32.2. The summed E-state index contributed by atoms with van der Waals surface area (Å²) < 4.78 is 14.2. The standard InChI is InChI=1S/C18H22FNS/c1-4-15(20)10-14-6-8-18(16(19)11-14)21-17-7-5-12(2)9-13(17)3/h5-9,11,15H,4,10,20H2,1-3H3. The maximum absolute atomic E-state index is 14.2. The van der Waals surface area contributed by atoms with Gasteiger partial charge in [-0.25, -0.2) is 4.39 Å². The van der Waals surface area contributed by atoms with Gasteiger partial charge in [-0.05, 0) is 56.0 Å². The summed E-state index contributed by atoms with van der Waals surface area (Å²) in [6, 6.07) is 11.8. The van der Waals surface area contributed by atoms with Crippen molar-refractivity contribution in [3.63, 3.8) is 0 Å². The Bertz CT molecular complexity index is 625. The predicted molar refractivity (Wildman–Crippen MR) is 88.4 cm³/mol. The van der Waals surface area contributed by atoms with Crippen molar-refractivity contribution >= 4 is 11.8 Å². The first-order valence-corrected chi connectivity index (χ1v) is 8.10. The van der Waals surface area contributed by atoms with Crippen LogP contribution in [-0.2, 0) is 6.42 Å². The molecule has 0 radical (unpaired) electrons. The highest BCUT2D eigenvalue weighted by molar-refractivity contribution is 7.99. The third kappa shape index (κ3) is 4.32. The fraction of sp³-hybridized carbons (Fsp3) is 0.333. The highest BCUT2D eigenvalue weighted by Gasteiger charge is 2.09. The molecule has 0 aliphatic heterocycles. The van der Waals surface area contributed by atoms with E-state index in [0.29, 0.717) is 4.90 Å². The number of benzene rings is 2. The van der Waals surface area contributed by atoms with Crippen LogP contribution in [-0.4, -0.2) is 6.04 Å². The van der Waals surface area contributed by atoms with E-state index in [2.05, 4.69) is 32.0 Å². The predicted octanol–water partition coefficient (Wildman–Crippen LogP) is 4.87. The van der Waals surface area contributed by atoms with E-state index in [1.54, 1.807) is 6.07 Å². The van der Waals surface area contributed by atoms with Crippen molar-refractivity contribution in [2.45, 2.75) is 49.4 Å². The molecule has 3 heteroatoms. The molecule has 0 bridgehead atoms. The molecule has 112 valence electrons. The van der Waals surface area contributed by atoms with Crippen LogP contribution < -0.4 is 5.73 Å². The van der Waals surface area contributed by atoms with Gasteiger partial charge in [0.25, 0.3) is 0 Å². The van der Waals surface area contributed by atoms with Gasteiger partial charge in [0.2, 0.25) is 0 Å². The second-order valence-electron chi connectivity index (χ2n) is 5.51. The van der Waals surface area contributed by atoms with Crippen LogP contribution >= 0.6 is 11.8 Å². The van der Waals surface area contributed by atoms with Crippen molar-refractivity contribution in [3.8, 4) is 0 Å². The Morgan fingerprint density at radius 2 is 1.81 bits per heavy atom. The summed E-state index contributed by atoms with van der Waals surface area (Å²) in [7, 11) is 0. The Balaban J connectivity index is 2.17. The zero-order chi connectivity index (χ0) is 15.4. The molecule has 1 unspecified atom stereocenters. The third-order valence-corrected chi connectivity index (χ3v) is 4.80. The van der Waals surface area contributed by atoms with Crippen molar-refractivity contribution < 1.29 is 4.39 Å². The summed E-state index contributed by atoms with van der Waals surface area (Å²) in [6.45, 7) is 6.17. The Hall–Kier alpha value is -1.32. The first-order valence-electron chi connectivity index (χ1n) is 7.28. The van der Waals surface area contributed by atoms with Gasteiger partial charge in [-0.15, -0.1) is 0 Å². The van der Waals surface area contributed by atoms with Crippen LogP contribution in [0.4, 0.5) is 4.39 Å². The van der Waals surface area contributed by atoms with Crippen LogP contribution in [0.2, 0.25) is 0 Å². The normalized spacial score (nSPS) is 12.4. The van der Waals surface area contributed by atoms with Gasteiger partial charge in [-0.3, -0.25) is 0 Å². The van der Waals surface area contributed by atoms with Gasteiger partial charge < -0.3 is 5.73 Å². The van der Waals surface area contributed by atoms with E-state index in [-0.39, 0.29) is 11.9 Å². The van der Waals surface area contributed by atoms with Gasteiger partial charge in [0, 0.05) is 15.8 Å². The third-order valence-electron chi connectivity index (χ3n) is 3.57. The van der Waals surface area contributed by atoms with Gasteiger partial charge in [-0.2, -0.15) is 0 Å². The zero-order valence-electron chi connectivity index (χ0n) is 12.8. The summed E-state index contributed by atoms with van der Waals surface area (Å²) in [5.74, 6) is -0.166. The number of aryl methyl sites for hydroxylation is 2. The van der Waals surface area contributed by atoms with Crippen LogP contribution in [0.1, 0.15) is 30.0 Å². The van der Waals surface area contributed by atoms with E-state index in [1.807, 2.05) is 19.1 Å². The minimum absolute atomic E-state index is 0.0993. The molecule has 2 rings (SSSR count). The van der Waals surface area contributed by atoms with Gasteiger partial charge in [-0.1, -0.05) is 42.4 Å². The van der Waals surface area contributed by atoms with Crippen molar-refractivity contribution in [2.24, 2.45) is 5.73 Å². The molecule has 0 saturated heterocycles. The maximum Gasteiger partial charge on any atom is 0.137 e. The number of rotatable bonds is 5. The Morgan fingerprint density at radius 3 is 2.43 bits per heavy atom. The van der Waals surface area contributed by atoms with Crippen molar-refractivity contribution in [2.75, 3.05) is 0 Å². The van der Waals surface area contributed by atoms with E-state index >= 15 is 0 Å². The molecule has 0 aromatic heterocycles. The second-order valence-corrected chi connectivity index (χ2v) is 6.59. The summed E-state index contributed by atoms with van der Waals surface area (Å²) in [5, 5.41) is 0. The lowest BCUT2D eigenvalue weighted by atomic mass is 10.0. The summed E-state index contributed by atoms with van der Waals surface area (Å²) >= 11 is 1.48. The van der Waals surface area contributed by atoms with E-state index in [4.69, 9.17) is 5.73 Å². The molecule has 0 amide bonds. The van der Waals surface area contributed by atoms with E-state index in [1.165, 1.54) is 22.9 Å². The molecule has 1 nitrogen and oxygen atoms in total. The molecule has 2 N–H and O–H groups in total. The first-order chi connectivity index (χ1) is 9.99. The number of hydrogen-bond donors (Lipinski definition) is 1. The van der Waals surface area contributed by atoms with Gasteiger partial charge in [0.1, 0.15) is 5.82 Å². The van der Waals surface area contributed by atoms with Crippen LogP contribution in [0.3, 0.4) is 0 Å². The topological polar surface area (TPSA) is 26.0 Å². The molecule has 0 heterocycles. The van der Waals surface area contributed by atoms with Crippen molar-refractivity contribution in [1.29, 1.82) is 0 Å². The lowest BCUT2D eigenvalue weighted by Gasteiger charge is -2.11. The quantitative estimate of drug-likeness (QED) is 0.852. The average molecular weight is 303 g/mol. The van der Waals surface area contributed by atoms with E-state index in [9.17, 15) is 4.39 Å². The summed E-state index contributed by atoms with van der Waals surface area (Å²) in [4.78, 5) is 1.76. The second kappa shape index (κ2) is 7.10. The smallest absolute Gasteiger partial charge is 0.137 e. The fourth-order valence-corrected chi connectivity index (χ4v) is 3.12.